The van der Waals surface area contributed by atoms with Gasteiger partial charge in [0, 0.05) is 25.2 Å². The number of hydrogen-bond acceptors (Lipinski definition) is 3. The third-order valence-corrected chi connectivity index (χ3v) is 1.98. The maximum atomic E-state index is 10.7. The smallest absolute Gasteiger partial charge is 0.278 e. The zero-order valence-corrected chi connectivity index (χ0v) is 9.23. The predicted molar refractivity (Wildman–Crippen MR) is 60.8 cm³/mol. The van der Waals surface area contributed by atoms with Crippen molar-refractivity contribution in [1.82, 2.24) is 4.90 Å². The second-order valence-corrected chi connectivity index (χ2v) is 3.68. The van der Waals surface area contributed by atoms with E-state index >= 15 is 0 Å². The molecule has 0 heterocycles. The summed E-state index contributed by atoms with van der Waals surface area (Å²) in [4.78, 5) is 12.1. The normalized spacial score (nSPS) is 10.6. The van der Waals surface area contributed by atoms with Gasteiger partial charge in [0.05, 0.1) is 10.5 Å². The molecule has 0 saturated carbocycles. The Morgan fingerprint density at radius 3 is 2.67 bits per heavy atom. The van der Waals surface area contributed by atoms with Gasteiger partial charge in [-0.1, -0.05) is 11.6 Å². The molecule has 80 valence electrons. The first-order chi connectivity index (χ1) is 7.00. The molecule has 5 heteroatoms. The zero-order chi connectivity index (χ0) is 11.4. The molecule has 0 N–H and O–H groups in total. The SMILES string of the molecule is CN(C)/C=C/c1ccc(Cl)cc1[N+](=O)[O-]. The van der Waals surface area contributed by atoms with Gasteiger partial charge in [0.15, 0.2) is 0 Å². The van der Waals surface area contributed by atoms with Crippen LogP contribution in [0.5, 0.6) is 0 Å². The average molecular weight is 227 g/mol. The molecule has 0 bridgehead atoms. The lowest BCUT2D eigenvalue weighted by molar-refractivity contribution is -0.385. The molecule has 0 fully saturated rings. The highest BCUT2D eigenvalue weighted by Crippen LogP contribution is 2.24. The fraction of sp³-hybridized carbons (Fsp3) is 0.200. The van der Waals surface area contributed by atoms with Crippen LogP contribution in [-0.2, 0) is 0 Å². The van der Waals surface area contributed by atoms with Crippen molar-refractivity contribution in [1.29, 1.82) is 0 Å². The van der Waals surface area contributed by atoms with Crippen LogP contribution in [-0.4, -0.2) is 23.9 Å². The van der Waals surface area contributed by atoms with Crippen LogP contribution in [0.4, 0.5) is 5.69 Å². The van der Waals surface area contributed by atoms with Crippen molar-refractivity contribution >= 4 is 23.4 Å². The molecule has 0 aliphatic carbocycles. The lowest BCUT2D eigenvalue weighted by atomic mass is 10.2. The molecule has 1 rings (SSSR count). The van der Waals surface area contributed by atoms with E-state index in [2.05, 4.69) is 0 Å². The van der Waals surface area contributed by atoms with E-state index in [4.69, 9.17) is 11.6 Å². The molecule has 0 aliphatic rings. The second-order valence-electron chi connectivity index (χ2n) is 3.24. The Hall–Kier alpha value is -1.55. The molecule has 15 heavy (non-hydrogen) atoms. The summed E-state index contributed by atoms with van der Waals surface area (Å²) in [6.07, 6.45) is 3.42. The Morgan fingerprint density at radius 1 is 1.47 bits per heavy atom. The summed E-state index contributed by atoms with van der Waals surface area (Å²) in [5, 5.41) is 11.1. The minimum Gasteiger partial charge on any atom is -0.383 e. The van der Waals surface area contributed by atoms with Crippen molar-refractivity contribution < 1.29 is 4.92 Å². The molecule has 1 aromatic carbocycles. The molecule has 0 aromatic heterocycles. The van der Waals surface area contributed by atoms with Crippen LogP contribution in [0.1, 0.15) is 5.56 Å². The Balaban J connectivity index is 3.12. The van der Waals surface area contributed by atoms with Gasteiger partial charge in [-0.25, -0.2) is 0 Å². The van der Waals surface area contributed by atoms with Crippen molar-refractivity contribution in [3.05, 3.63) is 45.1 Å². The van der Waals surface area contributed by atoms with Gasteiger partial charge in [-0.2, -0.15) is 0 Å². The van der Waals surface area contributed by atoms with Crippen LogP contribution in [0.15, 0.2) is 24.4 Å². The van der Waals surface area contributed by atoms with Gasteiger partial charge in [-0.05, 0) is 24.4 Å². The van der Waals surface area contributed by atoms with Crippen molar-refractivity contribution in [2.45, 2.75) is 0 Å². The highest BCUT2D eigenvalue weighted by atomic mass is 35.5. The first-order valence-electron chi connectivity index (χ1n) is 4.29. The first kappa shape index (κ1) is 11.5. The van der Waals surface area contributed by atoms with E-state index in [9.17, 15) is 10.1 Å². The van der Waals surface area contributed by atoms with Crippen LogP contribution in [0.25, 0.3) is 6.08 Å². The Kier molecular flexibility index (Phi) is 3.68. The molecule has 0 saturated heterocycles. The molecular weight excluding hydrogens is 216 g/mol. The maximum absolute atomic E-state index is 10.7. The fourth-order valence-electron chi connectivity index (χ4n) is 1.05. The van der Waals surface area contributed by atoms with E-state index in [1.165, 1.54) is 6.07 Å². The predicted octanol–water partition coefficient (Wildman–Crippen LogP) is 2.78. The van der Waals surface area contributed by atoms with E-state index in [1.54, 1.807) is 29.3 Å². The van der Waals surface area contributed by atoms with E-state index in [0.717, 1.165) is 0 Å². The quantitative estimate of drug-likeness (QED) is 0.588. The third-order valence-electron chi connectivity index (χ3n) is 1.74. The minimum atomic E-state index is -0.443. The number of benzene rings is 1. The number of nitrogens with zero attached hydrogens (tertiary/aromatic N) is 2. The molecular formula is C10H11ClN2O2. The van der Waals surface area contributed by atoms with Crippen molar-refractivity contribution in [3.8, 4) is 0 Å². The van der Waals surface area contributed by atoms with E-state index < -0.39 is 4.92 Å². The molecule has 0 aliphatic heterocycles. The maximum Gasteiger partial charge on any atom is 0.278 e. The summed E-state index contributed by atoms with van der Waals surface area (Å²) in [5.41, 5.74) is 0.554. The Morgan fingerprint density at radius 2 is 2.13 bits per heavy atom. The lowest BCUT2D eigenvalue weighted by Crippen LogP contribution is -2.00. The minimum absolute atomic E-state index is 0.0144. The third kappa shape index (κ3) is 3.25. The molecule has 0 spiro atoms. The average Bonchev–Trinajstić information content (AvgIpc) is 2.15. The monoisotopic (exact) mass is 226 g/mol. The summed E-state index contributed by atoms with van der Waals surface area (Å²) in [6, 6.07) is 4.60. The van der Waals surface area contributed by atoms with Gasteiger partial charge in [0.2, 0.25) is 0 Å². The van der Waals surface area contributed by atoms with Gasteiger partial charge in [-0.3, -0.25) is 10.1 Å². The van der Waals surface area contributed by atoms with Crippen LogP contribution >= 0.6 is 11.6 Å². The van der Waals surface area contributed by atoms with Gasteiger partial charge in [-0.15, -0.1) is 0 Å². The summed E-state index contributed by atoms with van der Waals surface area (Å²) >= 11 is 5.68. The summed E-state index contributed by atoms with van der Waals surface area (Å²) in [7, 11) is 3.69. The largest absolute Gasteiger partial charge is 0.383 e. The number of halogens is 1. The van der Waals surface area contributed by atoms with Crippen LogP contribution in [0.2, 0.25) is 5.02 Å². The highest BCUT2D eigenvalue weighted by Gasteiger charge is 2.11. The van der Waals surface area contributed by atoms with Crippen molar-refractivity contribution in [3.63, 3.8) is 0 Å². The van der Waals surface area contributed by atoms with E-state index in [-0.39, 0.29) is 5.69 Å². The topological polar surface area (TPSA) is 46.4 Å². The summed E-state index contributed by atoms with van der Waals surface area (Å²) in [6.45, 7) is 0. The first-order valence-corrected chi connectivity index (χ1v) is 4.67. The summed E-state index contributed by atoms with van der Waals surface area (Å²) < 4.78 is 0. The van der Waals surface area contributed by atoms with Crippen LogP contribution in [0, 0.1) is 10.1 Å². The van der Waals surface area contributed by atoms with E-state index in [1.807, 2.05) is 14.1 Å². The van der Waals surface area contributed by atoms with Crippen molar-refractivity contribution in [2.75, 3.05) is 14.1 Å². The molecule has 4 nitrogen and oxygen atoms in total. The summed E-state index contributed by atoms with van der Waals surface area (Å²) in [5.74, 6) is 0. The van der Waals surface area contributed by atoms with Gasteiger partial charge in [0.25, 0.3) is 5.69 Å². The van der Waals surface area contributed by atoms with Gasteiger partial charge < -0.3 is 4.90 Å². The molecule has 1 aromatic rings. The highest BCUT2D eigenvalue weighted by molar-refractivity contribution is 6.30. The van der Waals surface area contributed by atoms with Crippen LogP contribution in [0.3, 0.4) is 0 Å². The number of nitro benzene ring substituents is 1. The Labute approximate surface area is 92.9 Å². The number of hydrogen-bond donors (Lipinski definition) is 0. The number of rotatable bonds is 3. The van der Waals surface area contributed by atoms with Crippen molar-refractivity contribution in [2.24, 2.45) is 0 Å². The molecule has 0 amide bonds. The Bertz CT molecular complexity index is 402. The molecule has 0 radical (unpaired) electrons. The fourth-order valence-corrected chi connectivity index (χ4v) is 1.21. The molecule has 0 atom stereocenters. The van der Waals surface area contributed by atoms with Gasteiger partial charge in [0.1, 0.15) is 0 Å². The lowest BCUT2D eigenvalue weighted by Gasteiger charge is -2.03. The molecule has 0 unspecified atom stereocenters. The standard InChI is InChI=1S/C10H11ClN2O2/c1-12(2)6-5-8-3-4-9(11)7-10(8)13(14)15/h3-7H,1-2H3/b6-5+. The van der Waals surface area contributed by atoms with Gasteiger partial charge >= 0.3 is 0 Å². The van der Waals surface area contributed by atoms with E-state index in [0.29, 0.717) is 10.6 Å². The number of nitro groups is 1. The van der Waals surface area contributed by atoms with Crippen LogP contribution < -0.4 is 0 Å². The second kappa shape index (κ2) is 4.79. The zero-order valence-electron chi connectivity index (χ0n) is 8.48.